The number of hydrogen-bond donors (Lipinski definition) is 2. The van der Waals surface area contributed by atoms with Gasteiger partial charge in [0.2, 0.25) is 11.8 Å². The number of aliphatic hydroxyl groups excluding tert-OH is 1. The molecule has 1 saturated carbocycles. The lowest BCUT2D eigenvalue weighted by Crippen LogP contribution is -2.50. The highest BCUT2D eigenvalue weighted by Gasteiger charge is 2.45. The highest BCUT2D eigenvalue weighted by atomic mass is 16.3. The Bertz CT molecular complexity index is 1010. The number of aliphatic hydroxyl groups is 1. The molecule has 3 heterocycles. The van der Waals surface area contributed by atoms with Crippen LogP contribution in [-0.2, 0) is 16.1 Å². The Morgan fingerprint density at radius 2 is 2.03 bits per heavy atom. The fourth-order valence-corrected chi connectivity index (χ4v) is 4.55. The van der Waals surface area contributed by atoms with Crippen LogP contribution in [0.1, 0.15) is 83.4 Å². The molecule has 4 rings (SSSR count). The van der Waals surface area contributed by atoms with Crippen molar-refractivity contribution < 1.29 is 14.7 Å². The van der Waals surface area contributed by atoms with E-state index in [0.717, 1.165) is 18.5 Å². The fraction of sp³-hybridized carbons (Fsp3) is 0.727. The maximum Gasteiger partial charge on any atom is 0.248 e. The van der Waals surface area contributed by atoms with E-state index in [4.69, 9.17) is 0 Å². The van der Waals surface area contributed by atoms with Crippen molar-refractivity contribution in [3.63, 3.8) is 0 Å². The van der Waals surface area contributed by atoms with E-state index < -0.39 is 23.6 Å². The number of aromatic nitrogens is 6. The van der Waals surface area contributed by atoms with E-state index in [1.165, 1.54) is 11.2 Å². The van der Waals surface area contributed by atoms with Crippen LogP contribution in [0.5, 0.6) is 0 Å². The van der Waals surface area contributed by atoms with Crippen molar-refractivity contribution in [1.29, 1.82) is 0 Å². The van der Waals surface area contributed by atoms with Crippen LogP contribution in [-0.4, -0.2) is 70.3 Å². The smallest absolute Gasteiger partial charge is 0.248 e. The number of nitrogens with zero attached hydrogens (tertiary/aromatic N) is 7. The van der Waals surface area contributed by atoms with E-state index in [9.17, 15) is 14.7 Å². The molecule has 4 atom stereocenters. The van der Waals surface area contributed by atoms with E-state index in [2.05, 4.69) is 25.7 Å². The highest BCUT2D eigenvalue weighted by Crippen LogP contribution is 2.40. The van der Waals surface area contributed by atoms with Crippen LogP contribution in [0.3, 0.4) is 0 Å². The molecular weight excluding hydrogens is 424 g/mol. The average molecular weight is 459 g/mol. The number of rotatable bonds is 7. The summed E-state index contributed by atoms with van der Waals surface area (Å²) in [5.74, 6) is 0.511. The minimum absolute atomic E-state index is 0.104. The lowest BCUT2D eigenvalue weighted by atomic mass is 9.85. The van der Waals surface area contributed by atoms with Gasteiger partial charge < -0.3 is 15.3 Å². The molecule has 2 amide bonds. The summed E-state index contributed by atoms with van der Waals surface area (Å²) in [6.07, 6.45) is 4.92. The average Bonchev–Trinajstić information content (AvgIpc) is 3.14. The molecule has 1 aliphatic carbocycles. The first-order chi connectivity index (χ1) is 15.6. The highest BCUT2D eigenvalue weighted by molar-refractivity contribution is 5.90. The van der Waals surface area contributed by atoms with E-state index in [1.807, 2.05) is 40.8 Å². The SMILES string of the molecule is CCn1ncnc1C(C)NC(=O)[C@@H]1C[C@@H](O)CN1C(=O)[C@@H](n1cc(C2CC2)nn1)C(C)(C)C. The number of hydrogen-bond acceptors (Lipinski definition) is 7. The molecule has 2 aromatic rings. The first-order valence-electron chi connectivity index (χ1n) is 11.7. The Hall–Kier alpha value is -2.82. The number of aryl methyl sites for hydroxylation is 1. The normalized spacial score (nSPS) is 22.9. The van der Waals surface area contributed by atoms with Crippen LogP contribution in [0.4, 0.5) is 0 Å². The van der Waals surface area contributed by atoms with Gasteiger partial charge in [-0.15, -0.1) is 5.10 Å². The van der Waals surface area contributed by atoms with Gasteiger partial charge in [-0.1, -0.05) is 26.0 Å². The van der Waals surface area contributed by atoms with Gasteiger partial charge in [0.1, 0.15) is 24.2 Å². The number of amides is 2. The third-order valence-electron chi connectivity index (χ3n) is 6.40. The molecule has 1 aliphatic heterocycles. The van der Waals surface area contributed by atoms with Crippen LogP contribution >= 0.6 is 0 Å². The number of carbonyl (C=O) groups is 2. The topological polar surface area (TPSA) is 131 Å². The standard InChI is InChI=1S/C22H34N8O3/c1-6-29-19(23-12-24-29)13(2)25-20(32)17-9-15(31)10-28(17)21(33)18(22(3,4)5)30-11-16(26-27-30)14-7-8-14/h11-15,17-18,31H,6-10H2,1-5H3,(H,25,32)/t13?,15-,17+,18-/m1/s1. The molecule has 11 heteroatoms. The zero-order chi connectivity index (χ0) is 23.9. The van der Waals surface area contributed by atoms with Gasteiger partial charge in [-0.05, 0) is 32.1 Å². The van der Waals surface area contributed by atoms with Gasteiger partial charge in [0, 0.05) is 31.6 Å². The lowest BCUT2D eigenvalue weighted by Gasteiger charge is -2.34. The summed E-state index contributed by atoms with van der Waals surface area (Å²) in [6, 6.07) is -1.80. The molecule has 33 heavy (non-hydrogen) atoms. The molecule has 2 aliphatic rings. The maximum atomic E-state index is 13.8. The monoisotopic (exact) mass is 458 g/mol. The summed E-state index contributed by atoms with van der Waals surface area (Å²) < 4.78 is 3.34. The van der Waals surface area contributed by atoms with Crippen molar-refractivity contribution >= 4 is 11.8 Å². The largest absolute Gasteiger partial charge is 0.391 e. The predicted octanol–water partition coefficient (Wildman–Crippen LogP) is 1.19. The molecule has 2 N–H and O–H groups in total. The van der Waals surface area contributed by atoms with E-state index in [-0.39, 0.29) is 30.8 Å². The Labute approximate surface area is 193 Å². The van der Waals surface area contributed by atoms with Crippen LogP contribution in [0.15, 0.2) is 12.5 Å². The van der Waals surface area contributed by atoms with E-state index in [0.29, 0.717) is 18.3 Å². The van der Waals surface area contributed by atoms with E-state index in [1.54, 1.807) is 9.36 Å². The number of nitrogens with one attached hydrogen (secondary N) is 1. The predicted molar refractivity (Wildman–Crippen MR) is 119 cm³/mol. The van der Waals surface area contributed by atoms with Gasteiger partial charge in [-0.25, -0.2) is 14.3 Å². The molecule has 0 aromatic carbocycles. The molecule has 180 valence electrons. The fourth-order valence-electron chi connectivity index (χ4n) is 4.55. The van der Waals surface area contributed by atoms with Gasteiger partial charge in [-0.3, -0.25) is 9.59 Å². The summed E-state index contributed by atoms with van der Waals surface area (Å²) in [5.41, 5.74) is 0.437. The van der Waals surface area contributed by atoms with E-state index >= 15 is 0 Å². The number of β-amino-alcohol motifs (C(OH)–C–C–N with tert-alkyl or cyclic N) is 1. The lowest BCUT2D eigenvalue weighted by molar-refractivity contribution is -0.144. The van der Waals surface area contributed by atoms with Crippen molar-refractivity contribution in [2.45, 2.75) is 90.6 Å². The quantitative estimate of drug-likeness (QED) is 0.637. The summed E-state index contributed by atoms with van der Waals surface area (Å²) in [6.45, 7) is 10.4. The van der Waals surface area contributed by atoms with Crippen molar-refractivity contribution in [2.24, 2.45) is 5.41 Å². The van der Waals surface area contributed by atoms with Gasteiger partial charge in [-0.2, -0.15) is 5.10 Å². The Kier molecular flexibility index (Phi) is 6.26. The first kappa shape index (κ1) is 23.3. The van der Waals surface area contributed by atoms with Crippen LogP contribution in [0.25, 0.3) is 0 Å². The second-order valence-corrected chi connectivity index (χ2v) is 10.2. The molecule has 0 bridgehead atoms. The summed E-state index contributed by atoms with van der Waals surface area (Å²) in [5, 5.41) is 26.0. The molecule has 1 unspecified atom stereocenters. The number of likely N-dealkylation sites (tertiary alicyclic amines) is 1. The second-order valence-electron chi connectivity index (χ2n) is 10.2. The van der Waals surface area contributed by atoms with Crippen molar-refractivity contribution in [3.8, 4) is 0 Å². The maximum absolute atomic E-state index is 13.8. The summed E-state index contributed by atoms with van der Waals surface area (Å²) >= 11 is 0. The van der Waals surface area contributed by atoms with Gasteiger partial charge in [0.25, 0.3) is 0 Å². The minimum Gasteiger partial charge on any atom is -0.391 e. The van der Waals surface area contributed by atoms with Gasteiger partial charge in [0.15, 0.2) is 0 Å². The minimum atomic E-state index is -0.774. The summed E-state index contributed by atoms with van der Waals surface area (Å²) in [7, 11) is 0. The molecule has 2 fully saturated rings. The Balaban J connectivity index is 1.54. The van der Waals surface area contributed by atoms with Gasteiger partial charge in [0.05, 0.1) is 17.8 Å². The molecule has 2 aromatic heterocycles. The Morgan fingerprint density at radius 3 is 2.67 bits per heavy atom. The molecule has 0 spiro atoms. The third-order valence-corrected chi connectivity index (χ3v) is 6.40. The molecule has 11 nitrogen and oxygen atoms in total. The van der Waals surface area contributed by atoms with Crippen molar-refractivity contribution in [1.82, 2.24) is 40.0 Å². The van der Waals surface area contributed by atoms with Crippen LogP contribution in [0.2, 0.25) is 0 Å². The van der Waals surface area contributed by atoms with Gasteiger partial charge >= 0.3 is 0 Å². The van der Waals surface area contributed by atoms with Crippen LogP contribution < -0.4 is 5.32 Å². The zero-order valence-electron chi connectivity index (χ0n) is 20.0. The second kappa shape index (κ2) is 8.85. The molecular formula is C22H34N8O3. The molecule has 0 radical (unpaired) electrons. The van der Waals surface area contributed by atoms with Crippen molar-refractivity contribution in [3.05, 3.63) is 24.0 Å². The van der Waals surface area contributed by atoms with Crippen molar-refractivity contribution in [2.75, 3.05) is 6.54 Å². The first-order valence-corrected chi connectivity index (χ1v) is 11.7. The third kappa shape index (κ3) is 4.78. The number of carbonyl (C=O) groups excluding carboxylic acids is 2. The van der Waals surface area contributed by atoms with Crippen LogP contribution in [0, 0.1) is 5.41 Å². The zero-order valence-corrected chi connectivity index (χ0v) is 20.0. The summed E-state index contributed by atoms with van der Waals surface area (Å²) in [4.78, 5) is 32.7. The molecule has 1 saturated heterocycles. The Morgan fingerprint density at radius 1 is 1.30 bits per heavy atom.